The minimum Gasteiger partial charge on any atom is -0.494 e. The van der Waals surface area contributed by atoms with Gasteiger partial charge in [-0.2, -0.15) is 0 Å². The van der Waals surface area contributed by atoms with Crippen LogP contribution in [-0.2, 0) is 28.2 Å². The Morgan fingerprint density at radius 3 is 2.46 bits per heavy atom. The molecule has 1 fully saturated rings. The van der Waals surface area contributed by atoms with Gasteiger partial charge in [-0.05, 0) is 38.5 Å². The van der Waals surface area contributed by atoms with Gasteiger partial charge < -0.3 is 18.5 Å². The van der Waals surface area contributed by atoms with Gasteiger partial charge in [-0.25, -0.2) is 8.42 Å². The first-order valence-corrected chi connectivity index (χ1v) is 12.9. The summed E-state index contributed by atoms with van der Waals surface area (Å²) in [5, 5.41) is 0. The van der Waals surface area contributed by atoms with Crippen molar-refractivity contribution in [3.05, 3.63) is 24.3 Å². The third kappa shape index (κ3) is 7.46. The first-order chi connectivity index (χ1) is 13.4. The quantitative estimate of drug-likeness (QED) is 0.366. The summed E-state index contributed by atoms with van der Waals surface area (Å²) >= 11 is 0. The van der Waals surface area contributed by atoms with Gasteiger partial charge in [-0.15, -0.1) is 0 Å². The van der Waals surface area contributed by atoms with Crippen LogP contribution in [0.2, 0.25) is 0 Å². The third-order valence-corrected chi connectivity index (χ3v) is 9.04. The normalized spacial score (nSPS) is 16.2. The highest BCUT2D eigenvalue weighted by Crippen LogP contribution is 2.50. The second-order valence-corrected chi connectivity index (χ2v) is 10.8. The zero-order valence-corrected chi connectivity index (χ0v) is 18.3. The molecule has 8 nitrogen and oxygen atoms in total. The Bertz CT molecular complexity index is 740. The summed E-state index contributed by atoms with van der Waals surface area (Å²) in [6.45, 7) is 8.26. The number of benzene rings is 1. The highest BCUT2D eigenvalue weighted by atomic mass is 32.2. The molecular weight excluding hydrogens is 405 g/mol. The van der Waals surface area contributed by atoms with Crippen molar-refractivity contribution in [1.29, 1.82) is 0 Å². The van der Waals surface area contributed by atoms with Gasteiger partial charge in [0, 0.05) is 19.6 Å². The smallest absolute Gasteiger partial charge is 0.346 e. The number of hydrogen-bond donors (Lipinski definition) is 0. The lowest BCUT2D eigenvalue weighted by atomic mass is 10.3. The zero-order chi connectivity index (χ0) is 20.5. The second-order valence-electron chi connectivity index (χ2n) is 6.32. The molecule has 0 N–H and O–H groups in total. The van der Waals surface area contributed by atoms with Gasteiger partial charge >= 0.3 is 7.60 Å². The molecule has 0 bridgehead atoms. The molecule has 10 heteroatoms. The van der Waals surface area contributed by atoms with E-state index in [-0.39, 0.29) is 18.1 Å². The van der Waals surface area contributed by atoms with Crippen molar-refractivity contribution < 1.29 is 31.5 Å². The van der Waals surface area contributed by atoms with Crippen LogP contribution in [-0.4, -0.2) is 71.5 Å². The molecule has 1 heterocycles. The van der Waals surface area contributed by atoms with E-state index in [1.807, 2.05) is 0 Å². The summed E-state index contributed by atoms with van der Waals surface area (Å²) in [6, 6.07) is 6.22. The summed E-state index contributed by atoms with van der Waals surface area (Å²) in [7, 11) is -7.56. The molecule has 0 atom stereocenters. The van der Waals surface area contributed by atoms with Gasteiger partial charge in [0.2, 0.25) is 0 Å². The minimum atomic E-state index is -3.85. The molecule has 1 saturated heterocycles. The van der Waals surface area contributed by atoms with Crippen LogP contribution in [0, 0.1) is 0 Å². The van der Waals surface area contributed by atoms with Crippen molar-refractivity contribution in [1.82, 2.24) is 4.90 Å². The fraction of sp³-hybridized carbons (Fsp3) is 0.667. The van der Waals surface area contributed by atoms with E-state index in [9.17, 15) is 13.0 Å². The molecule has 2 rings (SSSR count). The van der Waals surface area contributed by atoms with Gasteiger partial charge in [0.1, 0.15) is 5.75 Å². The van der Waals surface area contributed by atoms with Gasteiger partial charge in [0.05, 0.1) is 37.9 Å². The first-order valence-electron chi connectivity index (χ1n) is 9.52. The monoisotopic (exact) mass is 435 g/mol. The van der Waals surface area contributed by atoms with E-state index in [0.29, 0.717) is 12.4 Å². The van der Waals surface area contributed by atoms with E-state index in [1.54, 1.807) is 26.0 Å². The molecule has 0 unspecified atom stereocenters. The number of sulfone groups is 1. The van der Waals surface area contributed by atoms with Gasteiger partial charge in [-0.3, -0.25) is 9.46 Å². The fourth-order valence-corrected chi connectivity index (χ4v) is 7.15. The zero-order valence-electron chi connectivity index (χ0n) is 16.5. The highest BCUT2D eigenvalue weighted by Gasteiger charge is 2.32. The van der Waals surface area contributed by atoms with Crippen LogP contribution in [0.1, 0.15) is 20.3 Å². The lowest BCUT2D eigenvalue weighted by Crippen LogP contribution is -2.37. The Morgan fingerprint density at radius 1 is 1.14 bits per heavy atom. The number of nitrogens with zero attached hydrogens (tertiary/aromatic N) is 1. The molecule has 0 radical (unpaired) electrons. The molecule has 0 spiro atoms. The van der Waals surface area contributed by atoms with Crippen molar-refractivity contribution in [2.24, 2.45) is 0 Å². The highest BCUT2D eigenvalue weighted by molar-refractivity contribution is 7.97. The summed E-state index contributed by atoms with van der Waals surface area (Å²) in [4.78, 5) is 2.35. The predicted molar refractivity (Wildman–Crippen MR) is 107 cm³/mol. The molecule has 160 valence electrons. The van der Waals surface area contributed by atoms with E-state index in [2.05, 4.69) is 4.90 Å². The van der Waals surface area contributed by atoms with Crippen molar-refractivity contribution in [3.63, 3.8) is 0 Å². The van der Waals surface area contributed by atoms with E-state index < -0.39 is 22.9 Å². The van der Waals surface area contributed by atoms with Gasteiger partial charge in [0.15, 0.2) is 15.3 Å². The minimum absolute atomic E-state index is 0.0396. The van der Waals surface area contributed by atoms with E-state index >= 15 is 0 Å². The second kappa shape index (κ2) is 11.3. The Labute approximate surface area is 167 Å². The topological polar surface area (TPSA) is 91.4 Å². The predicted octanol–water partition coefficient (Wildman–Crippen LogP) is 2.79. The number of morpholine rings is 1. The fourth-order valence-electron chi connectivity index (χ4n) is 2.85. The molecule has 1 aliphatic heterocycles. The standard InChI is InChI=1S/C18H30NO7PS/c1-3-25-27(20,26-4-2)16-28(21,22)18-8-5-7-17(15-18)24-12-6-9-19-10-13-23-14-11-19/h5,7-8,15H,3-4,6,9-14,16H2,1-2H3. The Hall–Kier alpha value is -0.960. The Morgan fingerprint density at radius 2 is 1.82 bits per heavy atom. The number of ether oxygens (including phenoxy) is 2. The molecule has 1 aliphatic rings. The molecule has 1 aromatic rings. The Balaban J connectivity index is 1.93. The molecule has 0 aliphatic carbocycles. The molecule has 0 aromatic heterocycles. The van der Waals surface area contributed by atoms with Crippen molar-refractivity contribution in [3.8, 4) is 5.75 Å². The van der Waals surface area contributed by atoms with E-state index in [1.165, 1.54) is 12.1 Å². The first kappa shape index (κ1) is 23.3. The van der Waals surface area contributed by atoms with Crippen LogP contribution in [0.5, 0.6) is 5.75 Å². The van der Waals surface area contributed by atoms with Crippen LogP contribution >= 0.6 is 7.60 Å². The van der Waals surface area contributed by atoms with Crippen molar-refractivity contribution in [2.75, 3.05) is 58.2 Å². The summed E-state index contributed by atoms with van der Waals surface area (Å²) in [5.74, 6) is 0.464. The largest absolute Gasteiger partial charge is 0.494 e. The lowest BCUT2D eigenvalue weighted by molar-refractivity contribution is 0.0358. The summed E-state index contributed by atoms with van der Waals surface area (Å²) in [6.07, 6.45) is 0.834. The maximum absolute atomic E-state index is 12.7. The average Bonchev–Trinajstić information content (AvgIpc) is 2.66. The van der Waals surface area contributed by atoms with Crippen molar-refractivity contribution >= 4 is 17.4 Å². The lowest BCUT2D eigenvalue weighted by Gasteiger charge is -2.26. The summed E-state index contributed by atoms with van der Waals surface area (Å²) in [5.41, 5.74) is -0.692. The number of rotatable bonds is 12. The molecular formula is C18H30NO7PS. The SMILES string of the molecule is CCOP(=O)(CS(=O)(=O)c1cccc(OCCCN2CCOCC2)c1)OCC. The maximum atomic E-state index is 12.7. The van der Waals surface area contributed by atoms with Gasteiger partial charge in [0.25, 0.3) is 0 Å². The van der Waals surface area contributed by atoms with Crippen LogP contribution < -0.4 is 4.74 Å². The molecule has 0 saturated carbocycles. The maximum Gasteiger partial charge on any atom is 0.346 e. The van der Waals surface area contributed by atoms with E-state index in [0.717, 1.165) is 39.3 Å². The molecule has 0 amide bonds. The molecule has 1 aromatic carbocycles. The third-order valence-electron chi connectivity index (χ3n) is 4.14. The van der Waals surface area contributed by atoms with Gasteiger partial charge in [-0.1, -0.05) is 6.07 Å². The molecule has 28 heavy (non-hydrogen) atoms. The van der Waals surface area contributed by atoms with Crippen LogP contribution in [0.4, 0.5) is 0 Å². The summed E-state index contributed by atoms with van der Waals surface area (Å²) < 4.78 is 59.2. The number of hydrogen-bond acceptors (Lipinski definition) is 8. The van der Waals surface area contributed by atoms with Crippen molar-refractivity contribution in [2.45, 2.75) is 25.2 Å². The van der Waals surface area contributed by atoms with E-state index in [4.69, 9.17) is 18.5 Å². The van der Waals surface area contributed by atoms with Crippen LogP contribution in [0.25, 0.3) is 0 Å². The Kier molecular flexibility index (Phi) is 9.40. The van der Waals surface area contributed by atoms with Crippen LogP contribution in [0.15, 0.2) is 29.2 Å². The average molecular weight is 435 g/mol. The van der Waals surface area contributed by atoms with Crippen LogP contribution in [0.3, 0.4) is 0 Å².